The summed E-state index contributed by atoms with van der Waals surface area (Å²) in [5, 5.41) is 9.94. The van der Waals surface area contributed by atoms with Crippen molar-refractivity contribution >= 4 is 34.2 Å². The summed E-state index contributed by atoms with van der Waals surface area (Å²) >= 11 is 5.92. The third-order valence-electron chi connectivity index (χ3n) is 3.59. The van der Waals surface area contributed by atoms with Gasteiger partial charge in [0.2, 0.25) is 0 Å². The van der Waals surface area contributed by atoms with Crippen LogP contribution in [0.25, 0.3) is 16.6 Å². The first-order valence-electron chi connectivity index (χ1n) is 6.77. The number of hydrogen-bond acceptors (Lipinski definition) is 4. The first-order valence-corrected chi connectivity index (χ1v) is 7.15. The molecule has 1 aliphatic carbocycles. The summed E-state index contributed by atoms with van der Waals surface area (Å²) in [6.45, 7) is 1.77. The molecule has 0 amide bonds. The van der Waals surface area contributed by atoms with Crippen molar-refractivity contribution in [2.75, 3.05) is 7.11 Å². The molecule has 6 nitrogen and oxygen atoms in total. The molecule has 0 saturated heterocycles. The minimum Gasteiger partial charge on any atom is -0.476 e. The van der Waals surface area contributed by atoms with Crippen molar-refractivity contribution in [1.82, 2.24) is 15.0 Å². The Morgan fingerprint density at radius 1 is 1.43 bits per heavy atom. The van der Waals surface area contributed by atoms with E-state index >= 15 is 0 Å². The molecular weight excluding hydrogens is 325 g/mol. The fourth-order valence-corrected chi connectivity index (χ4v) is 2.78. The van der Waals surface area contributed by atoms with E-state index in [-0.39, 0.29) is 22.1 Å². The second-order valence-electron chi connectivity index (χ2n) is 5.15. The molecule has 2 N–H and O–H groups in total. The molecule has 2 aromatic heterocycles. The van der Waals surface area contributed by atoms with E-state index in [1.165, 1.54) is 19.3 Å². The van der Waals surface area contributed by atoms with Gasteiger partial charge in [0.15, 0.2) is 17.7 Å². The number of H-pyrrole nitrogens is 1. The van der Waals surface area contributed by atoms with Gasteiger partial charge in [0.1, 0.15) is 11.8 Å². The van der Waals surface area contributed by atoms with Crippen molar-refractivity contribution in [1.29, 1.82) is 0 Å². The minimum absolute atomic E-state index is 0.00767. The van der Waals surface area contributed by atoms with E-state index in [2.05, 4.69) is 15.0 Å². The number of allylic oxidation sites excluding steroid dienone is 2. The number of halogens is 2. The number of ether oxygens (including phenoxy) is 1. The number of rotatable bonds is 3. The van der Waals surface area contributed by atoms with Gasteiger partial charge in [-0.15, -0.1) is 0 Å². The van der Waals surface area contributed by atoms with Crippen LogP contribution in [0, 0.1) is 6.92 Å². The number of aromatic amines is 1. The van der Waals surface area contributed by atoms with Crippen LogP contribution in [0.4, 0.5) is 4.39 Å². The lowest BCUT2D eigenvalue weighted by molar-refractivity contribution is 0.0692. The number of methoxy groups -OCH3 is 1. The molecule has 23 heavy (non-hydrogen) atoms. The van der Waals surface area contributed by atoms with Crippen LogP contribution in [-0.2, 0) is 4.74 Å². The number of aryl methyl sites for hydroxylation is 1. The van der Waals surface area contributed by atoms with Gasteiger partial charge in [0.25, 0.3) is 0 Å². The number of nitrogens with one attached hydrogen (secondary N) is 1. The van der Waals surface area contributed by atoms with Gasteiger partial charge in [-0.1, -0.05) is 17.7 Å². The van der Waals surface area contributed by atoms with Gasteiger partial charge in [-0.2, -0.15) is 0 Å². The normalized spacial score (nSPS) is 21.2. The first-order chi connectivity index (χ1) is 10.9. The predicted octanol–water partition coefficient (Wildman–Crippen LogP) is 2.84. The molecular formula is C15H13ClFN3O3. The number of carbonyl (C=O) groups is 1. The maximum atomic E-state index is 14.6. The highest BCUT2D eigenvalue weighted by molar-refractivity contribution is 6.30. The summed E-state index contributed by atoms with van der Waals surface area (Å²) in [5.74, 6) is -1.21. The molecule has 0 saturated carbocycles. The number of hydrogen-bond donors (Lipinski definition) is 2. The summed E-state index contributed by atoms with van der Waals surface area (Å²) in [4.78, 5) is 22.6. The second-order valence-corrected chi connectivity index (χ2v) is 5.58. The Hall–Kier alpha value is -2.25. The van der Waals surface area contributed by atoms with Gasteiger partial charge in [-0.05, 0) is 19.1 Å². The topological polar surface area (TPSA) is 88.1 Å². The Balaban J connectivity index is 2.19. The van der Waals surface area contributed by atoms with E-state index in [0.29, 0.717) is 11.0 Å². The zero-order valence-corrected chi connectivity index (χ0v) is 13.1. The average Bonchev–Trinajstić information content (AvgIpc) is 2.86. The highest BCUT2D eigenvalue weighted by Crippen LogP contribution is 2.32. The Morgan fingerprint density at radius 2 is 2.17 bits per heavy atom. The summed E-state index contributed by atoms with van der Waals surface area (Å²) in [6, 6.07) is 1.64. The van der Waals surface area contributed by atoms with Crippen molar-refractivity contribution in [3.05, 3.63) is 40.5 Å². The molecule has 0 aromatic carbocycles. The summed E-state index contributed by atoms with van der Waals surface area (Å²) in [6.07, 6.45) is 0.377. The number of aromatic carboxylic acids is 1. The molecule has 3 rings (SSSR count). The lowest BCUT2D eigenvalue weighted by Crippen LogP contribution is -2.29. The van der Waals surface area contributed by atoms with Gasteiger partial charge in [-0.25, -0.2) is 19.2 Å². The van der Waals surface area contributed by atoms with E-state index in [1.54, 1.807) is 13.0 Å². The van der Waals surface area contributed by atoms with Crippen molar-refractivity contribution in [3.63, 3.8) is 0 Å². The molecule has 2 atom stereocenters. The molecule has 1 aliphatic rings. The number of carboxylic acids is 1. The van der Waals surface area contributed by atoms with Crippen LogP contribution < -0.4 is 0 Å². The average molecular weight is 338 g/mol. The Kier molecular flexibility index (Phi) is 3.91. The molecule has 2 heterocycles. The van der Waals surface area contributed by atoms with Gasteiger partial charge in [-0.3, -0.25) is 0 Å². The molecule has 0 aliphatic heterocycles. The molecule has 2 unspecified atom stereocenters. The monoisotopic (exact) mass is 337 g/mol. The summed E-state index contributed by atoms with van der Waals surface area (Å²) < 4.78 is 19.7. The third-order valence-corrected chi connectivity index (χ3v) is 3.93. The second kappa shape index (κ2) is 5.75. The maximum absolute atomic E-state index is 14.6. The van der Waals surface area contributed by atoms with Crippen molar-refractivity contribution in [2.45, 2.75) is 19.2 Å². The molecule has 0 fully saturated rings. The van der Waals surface area contributed by atoms with E-state index in [1.807, 2.05) is 0 Å². The molecule has 0 bridgehead atoms. The van der Waals surface area contributed by atoms with E-state index in [4.69, 9.17) is 16.3 Å². The molecule has 120 valence electrons. The van der Waals surface area contributed by atoms with Crippen LogP contribution in [0.2, 0.25) is 0 Å². The van der Waals surface area contributed by atoms with E-state index in [9.17, 15) is 14.3 Å². The lowest BCUT2D eigenvalue weighted by Gasteiger charge is -2.24. The smallest absolute Gasteiger partial charge is 0.355 e. The van der Waals surface area contributed by atoms with E-state index < -0.39 is 18.2 Å². The Labute approximate surface area is 135 Å². The lowest BCUT2D eigenvalue weighted by atomic mass is 9.99. The quantitative estimate of drug-likeness (QED) is 0.899. The third kappa shape index (κ3) is 2.62. The van der Waals surface area contributed by atoms with Gasteiger partial charge >= 0.3 is 5.97 Å². The van der Waals surface area contributed by atoms with Crippen LogP contribution in [-0.4, -0.2) is 45.4 Å². The molecule has 0 spiro atoms. The Bertz CT molecular complexity index is 859. The minimum atomic E-state index is -1.59. The maximum Gasteiger partial charge on any atom is 0.355 e. The summed E-state index contributed by atoms with van der Waals surface area (Å²) in [7, 11) is 1.34. The standard InChI is InChI=1S/C15H13ClFN3O3/c1-6-5-8-11(15(21)22)19-13(20-14(8)18-6)7-3-4-9(16)12(23-2)10(7)17/h3-5,10,12H,1-2H3,(H,21,22)(H,18,19,20). The van der Waals surface area contributed by atoms with E-state index in [0.717, 1.165) is 5.69 Å². The number of nitrogens with zero attached hydrogens (tertiary/aromatic N) is 2. The van der Waals surface area contributed by atoms with Crippen molar-refractivity contribution in [2.24, 2.45) is 0 Å². The SMILES string of the molecule is COC1C(Cl)=CC=C(c2nc(C(=O)O)c3cc(C)[nH]c3n2)C1F. The molecule has 8 heteroatoms. The first kappa shape index (κ1) is 15.6. The molecule has 0 radical (unpaired) electrons. The highest BCUT2D eigenvalue weighted by Gasteiger charge is 2.33. The van der Waals surface area contributed by atoms with Gasteiger partial charge < -0.3 is 14.8 Å². The van der Waals surface area contributed by atoms with Gasteiger partial charge in [0, 0.05) is 18.4 Å². The van der Waals surface area contributed by atoms with Crippen LogP contribution in [0.5, 0.6) is 0 Å². The number of fused-ring (bicyclic) bond motifs is 1. The number of alkyl halides is 1. The fourth-order valence-electron chi connectivity index (χ4n) is 2.52. The highest BCUT2D eigenvalue weighted by atomic mass is 35.5. The zero-order valence-electron chi connectivity index (χ0n) is 12.3. The zero-order chi connectivity index (χ0) is 16.7. The van der Waals surface area contributed by atoms with Crippen molar-refractivity contribution in [3.8, 4) is 0 Å². The van der Waals surface area contributed by atoms with Gasteiger partial charge in [0.05, 0.1) is 10.4 Å². The van der Waals surface area contributed by atoms with Crippen LogP contribution >= 0.6 is 11.6 Å². The van der Waals surface area contributed by atoms with Crippen LogP contribution in [0.3, 0.4) is 0 Å². The Morgan fingerprint density at radius 3 is 2.83 bits per heavy atom. The fraction of sp³-hybridized carbons (Fsp3) is 0.267. The van der Waals surface area contributed by atoms with Crippen LogP contribution in [0.1, 0.15) is 22.0 Å². The molecule has 2 aromatic rings. The van der Waals surface area contributed by atoms with Crippen LogP contribution in [0.15, 0.2) is 23.3 Å². The summed E-state index contributed by atoms with van der Waals surface area (Å²) in [5.41, 5.74) is 1.02. The largest absolute Gasteiger partial charge is 0.476 e. The number of aromatic nitrogens is 3. The van der Waals surface area contributed by atoms with Crippen molar-refractivity contribution < 1.29 is 19.0 Å². The predicted molar refractivity (Wildman–Crippen MR) is 83.2 cm³/mol. The number of carboxylic acid groups (broad SMARTS) is 1.